The van der Waals surface area contributed by atoms with E-state index in [-0.39, 0.29) is 6.04 Å². The van der Waals surface area contributed by atoms with Crippen molar-refractivity contribution >= 4 is 0 Å². The monoisotopic (exact) mass is 359 g/mol. The molecule has 0 spiro atoms. The number of furan rings is 1. The van der Waals surface area contributed by atoms with Crippen LogP contribution >= 0.6 is 0 Å². The summed E-state index contributed by atoms with van der Waals surface area (Å²) in [6, 6.07) is 20.3. The van der Waals surface area contributed by atoms with E-state index in [4.69, 9.17) is 4.42 Å². The number of hydrogen-bond donors (Lipinski definition) is 0. The van der Waals surface area contributed by atoms with E-state index in [1.165, 1.54) is 0 Å². The molecular formula is C21H21N5O. The van der Waals surface area contributed by atoms with Crippen molar-refractivity contribution in [2.24, 2.45) is 0 Å². The zero-order valence-electron chi connectivity index (χ0n) is 15.4. The maximum atomic E-state index is 5.23. The molecule has 1 unspecified atom stereocenters. The summed E-state index contributed by atoms with van der Waals surface area (Å²) in [4.78, 5) is 2.22. The Hall–Kier alpha value is -3.25. The Labute approximate surface area is 158 Å². The third-order valence-electron chi connectivity index (χ3n) is 4.65. The molecule has 1 atom stereocenters. The number of hydrogen-bond acceptors (Lipinski definition) is 5. The van der Waals surface area contributed by atoms with E-state index in [0.717, 1.165) is 34.7 Å². The molecule has 0 amide bonds. The van der Waals surface area contributed by atoms with Crippen molar-refractivity contribution in [3.05, 3.63) is 95.7 Å². The molecule has 0 radical (unpaired) electrons. The van der Waals surface area contributed by atoms with Gasteiger partial charge in [0.05, 0.1) is 24.3 Å². The Morgan fingerprint density at radius 1 is 1.04 bits per heavy atom. The minimum atomic E-state index is -0.101. The van der Waals surface area contributed by atoms with Crippen LogP contribution in [0.15, 0.2) is 77.6 Å². The zero-order valence-corrected chi connectivity index (χ0v) is 15.4. The highest BCUT2D eigenvalue weighted by Gasteiger charge is 2.26. The fraction of sp³-hybridized carbons (Fsp3) is 0.190. The maximum absolute atomic E-state index is 5.23. The first kappa shape index (κ1) is 17.2. The van der Waals surface area contributed by atoms with Crippen LogP contribution < -0.4 is 0 Å². The van der Waals surface area contributed by atoms with E-state index in [2.05, 4.69) is 52.6 Å². The van der Waals surface area contributed by atoms with Gasteiger partial charge in [-0.1, -0.05) is 48.5 Å². The normalized spacial score (nSPS) is 12.4. The Bertz CT molecular complexity index is 994. The molecule has 0 N–H and O–H groups in total. The van der Waals surface area contributed by atoms with Crippen LogP contribution in [0.25, 0.3) is 5.69 Å². The standard InChI is InChI=1S/C21H21N5O/c1-16-8-6-7-11-19(16)26-21(22-23-24-26)20(18-9-4-3-5-10-18)25(2)14-17-12-13-27-15-17/h3-13,15,20H,14H2,1-2H3. The lowest BCUT2D eigenvalue weighted by atomic mass is 10.0. The lowest BCUT2D eigenvalue weighted by Crippen LogP contribution is -2.28. The fourth-order valence-corrected chi connectivity index (χ4v) is 3.34. The molecule has 0 saturated carbocycles. The summed E-state index contributed by atoms with van der Waals surface area (Å²) in [6.07, 6.45) is 3.46. The summed E-state index contributed by atoms with van der Waals surface area (Å²) < 4.78 is 7.06. The maximum Gasteiger partial charge on any atom is 0.178 e. The molecule has 0 aliphatic rings. The molecule has 6 nitrogen and oxygen atoms in total. The molecule has 0 aliphatic heterocycles. The summed E-state index contributed by atoms with van der Waals surface area (Å²) in [5, 5.41) is 12.7. The summed E-state index contributed by atoms with van der Waals surface area (Å²) in [6.45, 7) is 2.78. The van der Waals surface area contributed by atoms with Crippen LogP contribution in [0.3, 0.4) is 0 Å². The fourth-order valence-electron chi connectivity index (χ4n) is 3.34. The van der Waals surface area contributed by atoms with Crippen molar-refractivity contribution in [2.45, 2.75) is 19.5 Å². The third-order valence-corrected chi connectivity index (χ3v) is 4.65. The quantitative estimate of drug-likeness (QED) is 0.524. The third kappa shape index (κ3) is 3.52. The van der Waals surface area contributed by atoms with Gasteiger partial charge in [0.2, 0.25) is 0 Å². The van der Waals surface area contributed by atoms with Gasteiger partial charge in [0.25, 0.3) is 0 Å². The predicted molar refractivity (Wildman–Crippen MR) is 102 cm³/mol. The number of aryl methyl sites for hydroxylation is 1. The lowest BCUT2D eigenvalue weighted by Gasteiger charge is -2.27. The summed E-state index contributed by atoms with van der Waals surface area (Å²) in [5.74, 6) is 0.779. The van der Waals surface area contributed by atoms with Gasteiger partial charge in [-0.3, -0.25) is 4.90 Å². The van der Waals surface area contributed by atoms with E-state index in [1.54, 1.807) is 12.5 Å². The van der Waals surface area contributed by atoms with Gasteiger partial charge in [0.15, 0.2) is 5.82 Å². The summed E-state index contributed by atoms with van der Waals surface area (Å²) in [5.41, 5.74) is 4.34. The Kier molecular flexibility index (Phi) is 4.80. The zero-order chi connectivity index (χ0) is 18.6. The van der Waals surface area contributed by atoms with Crippen LogP contribution in [-0.4, -0.2) is 32.2 Å². The van der Waals surface area contributed by atoms with Crippen molar-refractivity contribution in [1.29, 1.82) is 0 Å². The molecule has 0 saturated heterocycles. The van der Waals surface area contributed by atoms with Crippen LogP contribution in [0, 0.1) is 6.92 Å². The average molecular weight is 359 g/mol. The molecule has 4 aromatic rings. The van der Waals surface area contributed by atoms with Crippen molar-refractivity contribution in [3.63, 3.8) is 0 Å². The molecule has 0 bridgehead atoms. The molecule has 2 aromatic heterocycles. The second-order valence-electron chi connectivity index (χ2n) is 6.60. The van der Waals surface area contributed by atoms with Gasteiger partial charge in [0.1, 0.15) is 0 Å². The number of para-hydroxylation sites is 1. The first-order valence-corrected chi connectivity index (χ1v) is 8.84. The van der Waals surface area contributed by atoms with E-state index in [0.29, 0.717) is 0 Å². The molecule has 0 aliphatic carbocycles. The predicted octanol–water partition coefficient (Wildman–Crippen LogP) is 3.79. The first-order valence-electron chi connectivity index (χ1n) is 8.84. The molecule has 6 heteroatoms. The van der Waals surface area contributed by atoms with Gasteiger partial charge in [-0.25, -0.2) is 0 Å². The SMILES string of the molecule is Cc1ccccc1-n1nnnc1C(c1ccccc1)N(C)Cc1ccoc1. The van der Waals surface area contributed by atoms with Crippen molar-refractivity contribution in [3.8, 4) is 5.69 Å². The topological polar surface area (TPSA) is 60.0 Å². The minimum absolute atomic E-state index is 0.101. The Balaban J connectivity index is 1.78. The van der Waals surface area contributed by atoms with Crippen molar-refractivity contribution in [2.75, 3.05) is 7.05 Å². The van der Waals surface area contributed by atoms with E-state index in [1.807, 2.05) is 47.1 Å². The molecular weight excluding hydrogens is 338 g/mol. The molecule has 136 valence electrons. The second-order valence-corrected chi connectivity index (χ2v) is 6.60. The lowest BCUT2D eigenvalue weighted by molar-refractivity contribution is 0.257. The molecule has 27 heavy (non-hydrogen) atoms. The minimum Gasteiger partial charge on any atom is -0.472 e. The summed E-state index contributed by atoms with van der Waals surface area (Å²) >= 11 is 0. The first-order chi connectivity index (χ1) is 13.2. The van der Waals surface area contributed by atoms with Crippen molar-refractivity contribution in [1.82, 2.24) is 25.1 Å². The average Bonchev–Trinajstić information content (AvgIpc) is 3.36. The van der Waals surface area contributed by atoms with Gasteiger partial charge >= 0.3 is 0 Å². The van der Waals surface area contributed by atoms with Gasteiger partial charge in [0, 0.05) is 12.1 Å². The molecule has 2 heterocycles. The highest BCUT2D eigenvalue weighted by molar-refractivity contribution is 5.40. The highest BCUT2D eigenvalue weighted by Crippen LogP contribution is 2.29. The Morgan fingerprint density at radius 3 is 2.56 bits per heavy atom. The second kappa shape index (κ2) is 7.55. The van der Waals surface area contributed by atoms with Crippen LogP contribution in [0.1, 0.15) is 28.6 Å². The number of benzene rings is 2. The molecule has 0 fully saturated rings. The van der Waals surface area contributed by atoms with Gasteiger partial charge in [-0.2, -0.15) is 4.68 Å². The number of nitrogens with zero attached hydrogens (tertiary/aromatic N) is 5. The van der Waals surface area contributed by atoms with Crippen LogP contribution in [0.5, 0.6) is 0 Å². The van der Waals surface area contributed by atoms with E-state index >= 15 is 0 Å². The van der Waals surface area contributed by atoms with Gasteiger partial charge in [-0.15, -0.1) is 5.10 Å². The van der Waals surface area contributed by atoms with E-state index < -0.39 is 0 Å². The largest absolute Gasteiger partial charge is 0.472 e. The number of rotatable bonds is 6. The number of aromatic nitrogens is 4. The van der Waals surface area contributed by atoms with Crippen LogP contribution in [0.4, 0.5) is 0 Å². The smallest absolute Gasteiger partial charge is 0.178 e. The summed E-state index contributed by atoms with van der Waals surface area (Å²) in [7, 11) is 2.07. The number of tetrazole rings is 1. The van der Waals surface area contributed by atoms with Gasteiger partial charge in [-0.05, 0) is 47.7 Å². The van der Waals surface area contributed by atoms with Crippen LogP contribution in [0.2, 0.25) is 0 Å². The molecule has 2 aromatic carbocycles. The van der Waals surface area contributed by atoms with Crippen LogP contribution in [-0.2, 0) is 6.54 Å². The highest BCUT2D eigenvalue weighted by atomic mass is 16.3. The van der Waals surface area contributed by atoms with Gasteiger partial charge < -0.3 is 4.42 Å². The van der Waals surface area contributed by atoms with E-state index in [9.17, 15) is 0 Å². The van der Waals surface area contributed by atoms with Crippen molar-refractivity contribution < 1.29 is 4.42 Å². The Morgan fingerprint density at radius 2 is 1.81 bits per heavy atom. The molecule has 4 rings (SSSR count).